The molecule has 12 heteroatoms. The van der Waals surface area contributed by atoms with Gasteiger partial charge in [-0.25, -0.2) is 9.97 Å². The van der Waals surface area contributed by atoms with Gasteiger partial charge in [-0.1, -0.05) is 0 Å². The summed E-state index contributed by atoms with van der Waals surface area (Å²) in [6, 6.07) is 2.93. The number of halogens is 4. The van der Waals surface area contributed by atoms with Crippen molar-refractivity contribution in [3.05, 3.63) is 34.7 Å². The van der Waals surface area contributed by atoms with E-state index in [1.807, 2.05) is 0 Å². The first-order valence-corrected chi connectivity index (χ1v) is 9.51. The summed E-state index contributed by atoms with van der Waals surface area (Å²) in [6.45, 7) is 0.811. The molecule has 0 amide bonds. The predicted molar refractivity (Wildman–Crippen MR) is 104 cm³/mol. The lowest BCUT2D eigenvalue weighted by Crippen LogP contribution is -2.10. The molecule has 0 fully saturated rings. The van der Waals surface area contributed by atoms with E-state index < -0.39 is 11.9 Å². The number of nitrogens with zero attached hydrogens (tertiary/aromatic N) is 4. The van der Waals surface area contributed by atoms with Gasteiger partial charge in [0.2, 0.25) is 5.82 Å². The van der Waals surface area contributed by atoms with Crippen LogP contribution in [0.15, 0.2) is 29.0 Å². The second kappa shape index (κ2) is 7.67. The number of ether oxygens (including phenoxy) is 3. The fraction of sp³-hybridized carbons (Fsp3) is 0.278. The lowest BCUT2D eigenvalue weighted by molar-refractivity contribution is -0.140. The van der Waals surface area contributed by atoms with Crippen LogP contribution in [0, 0.1) is 0 Å². The van der Waals surface area contributed by atoms with Gasteiger partial charge in [0.15, 0.2) is 17.2 Å². The SMILES string of the molecule is COc1nccnc1-n1nc(C(F)(F)F)c(-c2cc(Br)c3c(c2)OCCCO3)c1N. The highest BCUT2D eigenvalue weighted by Crippen LogP contribution is 2.46. The average Bonchev–Trinajstić information content (AvgIpc) is 2.89. The Bertz CT molecular complexity index is 1100. The maximum Gasteiger partial charge on any atom is 0.435 e. The van der Waals surface area contributed by atoms with Crippen LogP contribution in [-0.4, -0.2) is 40.1 Å². The van der Waals surface area contributed by atoms with Crippen molar-refractivity contribution in [2.45, 2.75) is 12.6 Å². The third kappa shape index (κ3) is 3.51. The molecule has 2 N–H and O–H groups in total. The maximum absolute atomic E-state index is 13.9. The highest BCUT2D eigenvalue weighted by molar-refractivity contribution is 9.10. The Morgan fingerprint density at radius 2 is 1.90 bits per heavy atom. The van der Waals surface area contributed by atoms with Crippen LogP contribution in [-0.2, 0) is 6.18 Å². The second-order valence-electron chi connectivity index (χ2n) is 6.24. The second-order valence-corrected chi connectivity index (χ2v) is 7.10. The molecule has 0 unspecified atom stereocenters. The lowest BCUT2D eigenvalue weighted by Gasteiger charge is -2.13. The normalized spacial score (nSPS) is 13.8. The van der Waals surface area contributed by atoms with Gasteiger partial charge in [0.25, 0.3) is 5.88 Å². The number of fused-ring (bicyclic) bond motifs is 1. The molecular weight excluding hydrogens is 471 g/mol. The molecule has 0 spiro atoms. The van der Waals surface area contributed by atoms with E-state index in [9.17, 15) is 13.2 Å². The van der Waals surface area contributed by atoms with Gasteiger partial charge in [-0.3, -0.25) is 0 Å². The van der Waals surface area contributed by atoms with E-state index in [1.54, 1.807) is 0 Å². The molecule has 0 bridgehead atoms. The minimum absolute atomic E-state index is 0.0215. The summed E-state index contributed by atoms with van der Waals surface area (Å²) in [7, 11) is 1.32. The molecule has 1 aliphatic rings. The van der Waals surface area contributed by atoms with Crippen molar-refractivity contribution in [3.63, 3.8) is 0 Å². The number of nitrogens with two attached hydrogens (primary N) is 1. The Hall–Kier alpha value is -3.02. The molecule has 2 aromatic heterocycles. The van der Waals surface area contributed by atoms with Crippen LogP contribution in [0.3, 0.4) is 0 Å². The summed E-state index contributed by atoms with van der Waals surface area (Å²) < 4.78 is 59.2. The minimum Gasteiger partial charge on any atom is -0.489 e. The molecule has 0 saturated carbocycles. The number of nitrogen functional groups attached to an aromatic ring is 1. The topological polar surface area (TPSA) is 97.3 Å². The van der Waals surface area contributed by atoms with Crippen LogP contribution >= 0.6 is 15.9 Å². The number of hydrogen-bond donors (Lipinski definition) is 1. The number of aromatic nitrogens is 4. The Morgan fingerprint density at radius 3 is 2.63 bits per heavy atom. The molecule has 1 aromatic carbocycles. The first-order chi connectivity index (χ1) is 14.3. The van der Waals surface area contributed by atoms with Gasteiger partial charge in [0.05, 0.1) is 30.4 Å². The molecule has 3 aromatic rings. The zero-order valence-corrected chi connectivity index (χ0v) is 17.1. The molecule has 3 heterocycles. The van der Waals surface area contributed by atoms with Crippen molar-refractivity contribution in [2.75, 3.05) is 26.1 Å². The van der Waals surface area contributed by atoms with Gasteiger partial charge < -0.3 is 19.9 Å². The summed E-state index contributed by atoms with van der Waals surface area (Å²) in [5.41, 5.74) is 4.81. The Morgan fingerprint density at radius 1 is 1.17 bits per heavy atom. The molecule has 0 radical (unpaired) electrons. The molecule has 158 valence electrons. The van der Waals surface area contributed by atoms with Gasteiger partial charge >= 0.3 is 6.18 Å². The first-order valence-electron chi connectivity index (χ1n) is 8.72. The monoisotopic (exact) mass is 485 g/mol. The van der Waals surface area contributed by atoms with Crippen LogP contribution < -0.4 is 19.9 Å². The summed E-state index contributed by atoms with van der Waals surface area (Å²) in [5, 5.41) is 3.69. The molecule has 30 heavy (non-hydrogen) atoms. The molecule has 1 aliphatic heterocycles. The zero-order chi connectivity index (χ0) is 21.5. The Kier molecular flexibility index (Phi) is 5.18. The van der Waals surface area contributed by atoms with Crippen molar-refractivity contribution in [1.82, 2.24) is 19.7 Å². The molecule has 4 rings (SSSR count). The number of methoxy groups -OCH3 is 1. The third-order valence-electron chi connectivity index (χ3n) is 4.32. The van der Waals surface area contributed by atoms with Gasteiger partial charge in [-0.05, 0) is 33.6 Å². The predicted octanol–water partition coefficient (Wildman–Crippen LogP) is 3.86. The summed E-state index contributed by atoms with van der Waals surface area (Å²) in [4.78, 5) is 7.97. The van der Waals surface area contributed by atoms with E-state index in [-0.39, 0.29) is 28.6 Å². The largest absolute Gasteiger partial charge is 0.489 e. The smallest absolute Gasteiger partial charge is 0.435 e. The third-order valence-corrected chi connectivity index (χ3v) is 4.91. The van der Waals surface area contributed by atoms with Crippen LogP contribution in [0.2, 0.25) is 0 Å². The average molecular weight is 486 g/mol. The van der Waals surface area contributed by atoms with Crippen molar-refractivity contribution in [1.29, 1.82) is 0 Å². The summed E-state index contributed by atoms with van der Waals surface area (Å²) >= 11 is 3.34. The van der Waals surface area contributed by atoms with Crippen molar-refractivity contribution >= 4 is 21.7 Å². The van der Waals surface area contributed by atoms with Crippen LogP contribution in [0.5, 0.6) is 17.4 Å². The number of benzene rings is 1. The van der Waals surface area contributed by atoms with Gasteiger partial charge in [-0.15, -0.1) is 0 Å². The number of anilines is 1. The van der Waals surface area contributed by atoms with E-state index in [1.165, 1.54) is 31.6 Å². The Labute approximate surface area is 176 Å². The Balaban J connectivity index is 1.95. The van der Waals surface area contributed by atoms with E-state index in [2.05, 4.69) is 31.0 Å². The zero-order valence-electron chi connectivity index (χ0n) is 15.5. The van der Waals surface area contributed by atoms with Crippen LogP contribution in [0.4, 0.5) is 19.0 Å². The van der Waals surface area contributed by atoms with Crippen molar-refractivity contribution < 1.29 is 27.4 Å². The lowest BCUT2D eigenvalue weighted by atomic mass is 10.0. The number of alkyl halides is 3. The van der Waals surface area contributed by atoms with Gasteiger partial charge in [0, 0.05) is 18.8 Å². The standard InChI is InChI=1S/C18H15BrF3N5O3/c1-28-17-16(24-3-4-25-17)27-15(23)12(14(26-27)18(20,21)22)9-7-10(19)13-11(8-9)29-5-2-6-30-13/h3-4,7-8H,2,5-6,23H2,1H3. The quantitative estimate of drug-likeness (QED) is 0.601. The fourth-order valence-corrected chi connectivity index (χ4v) is 3.61. The summed E-state index contributed by atoms with van der Waals surface area (Å²) in [6.07, 6.45) is -1.48. The van der Waals surface area contributed by atoms with Crippen molar-refractivity contribution in [3.8, 4) is 34.3 Å². The highest BCUT2D eigenvalue weighted by atomic mass is 79.9. The molecular formula is C18H15BrF3N5O3. The first kappa shape index (κ1) is 20.3. The van der Waals surface area contributed by atoms with Gasteiger partial charge in [-0.2, -0.15) is 23.0 Å². The van der Waals surface area contributed by atoms with Crippen molar-refractivity contribution in [2.24, 2.45) is 0 Å². The maximum atomic E-state index is 13.9. The molecule has 8 nitrogen and oxygen atoms in total. The van der Waals surface area contributed by atoms with E-state index >= 15 is 0 Å². The van der Waals surface area contributed by atoms with E-state index in [0.717, 1.165) is 4.68 Å². The molecule has 0 aliphatic carbocycles. The summed E-state index contributed by atoms with van der Waals surface area (Å²) in [5.74, 6) is 0.373. The van der Waals surface area contributed by atoms with Gasteiger partial charge in [0.1, 0.15) is 5.82 Å². The molecule has 0 saturated heterocycles. The van der Waals surface area contributed by atoms with Crippen LogP contribution in [0.25, 0.3) is 16.9 Å². The number of rotatable bonds is 3. The highest BCUT2D eigenvalue weighted by Gasteiger charge is 2.40. The fourth-order valence-electron chi connectivity index (χ4n) is 3.06. The van der Waals surface area contributed by atoms with E-state index in [4.69, 9.17) is 19.9 Å². The molecule has 0 atom stereocenters. The minimum atomic E-state index is -4.78. The van der Waals surface area contributed by atoms with Crippen LogP contribution in [0.1, 0.15) is 12.1 Å². The van der Waals surface area contributed by atoms with E-state index in [0.29, 0.717) is 35.6 Å². The number of hydrogen-bond acceptors (Lipinski definition) is 7.